The van der Waals surface area contributed by atoms with Crippen LogP contribution in [-0.4, -0.2) is 23.0 Å². The highest BCUT2D eigenvalue weighted by atomic mass is 16.4. The minimum absolute atomic E-state index is 0.00977. The monoisotopic (exact) mass is 213 g/mol. The van der Waals surface area contributed by atoms with Crippen LogP contribution in [0.2, 0.25) is 0 Å². The number of carbonyl (C=O) groups excluding carboxylic acids is 1. The second kappa shape index (κ2) is 5.14. The van der Waals surface area contributed by atoms with E-state index in [9.17, 15) is 9.59 Å². The number of hydrogen-bond donors (Lipinski definition) is 2. The summed E-state index contributed by atoms with van der Waals surface area (Å²) in [5.74, 6) is -0.492. The Labute approximate surface area is 90.0 Å². The van der Waals surface area contributed by atoms with E-state index in [0.29, 0.717) is 5.92 Å². The summed E-state index contributed by atoms with van der Waals surface area (Å²) in [5, 5.41) is 11.2. The van der Waals surface area contributed by atoms with Crippen molar-refractivity contribution >= 4 is 11.9 Å². The fraction of sp³-hybridized carbons (Fsp3) is 0.818. The largest absolute Gasteiger partial charge is 0.480 e. The first kappa shape index (κ1) is 12.0. The molecule has 86 valence electrons. The Hall–Kier alpha value is -1.06. The first-order valence-corrected chi connectivity index (χ1v) is 5.54. The van der Waals surface area contributed by atoms with Crippen LogP contribution in [0.5, 0.6) is 0 Å². The van der Waals surface area contributed by atoms with E-state index in [2.05, 4.69) is 12.2 Å². The van der Waals surface area contributed by atoms with Crippen molar-refractivity contribution in [1.29, 1.82) is 0 Å². The van der Waals surface area contributed by atoms with E-state index >= 15 is 0 Å². The van der Waals surface area contributed by atoms with E-state index in [1.807, 2.05) is 0 Å². The van der Waals surface area contributed by atoms with E-state index in [0.717, 1.165) is 19.3 Å². The van der Waals surface area contributed by atoms with Crippen LogP contribution in [0.1, 0.15) is 39.5 Å². The van der Waals surface area contributed by atoms with Crippen LogP contribution in [-0.2, 0) is 9.59 Å². The Morgan fingerprint density at radius 2 is 2.07 bits per heavy atom. The molecule has 4 heteroatoms. The van der Waals surface area contributed by atoms with Gasteiger partial charge in [0.25, 0.3) is 0 Å². The maximum absolute atomic E-state index is 11.7. The molecule has 0 aliphatic heterocycles. The van der Waals surface area contributed by atoms with Crippen molar-refractivity contribution in [2.24, 2.45) is 11.8 Å². The Morgan fingerprint density at radius 1 is 1.40 bits per heavy atom. The molecule has 15 heavy (non-hydrogen) atoms. The molecule has 0 aromatic carbocycles. The molecule has 3 unspecified atom stereocenters. The summed E-state index contributed by atoms with van der Waals surface area (Å²) >= 11 is 0. The second-order valence-electron chi connectivity index (χ2n) is 4.54. The normalized spacial score (nSPS) is 28.1. The number of carboxylic acids is 1. The molecule has 0 aromatic heterocycles. The van der Waals surface area contributed by atoms with Crippen LogP contribution < -0.4 is 5.32 Å². The topological polar surface area (TPSA) is 66.4 Å². The molecular formula is C11H19NO3. The predicted molar refractivity (Wildman–Crippen MR) is 56.4 cm³/mol. The molecule has 0 heterocycles. The maximum Gasteiger partial charge on any atom is 0.325 e. The zero-order valence-electron chi connectivity index (χ0n) is 9.32. The molecule has 0 spiro atoms. The van der Waals surface area contributed by atoms with Crippen molar-refractivity contribution < 1.29 is 14.7 Å². The summed E-state index contributed by atoms with van der Waals surface area (Å²) < 4.78 is 0. The van der Waals surface area contributed by atoms with Gasteiger partial charge in [-0.1, -0.05) is 19.8 Å². The lowest BCUT2D eigenvalue weighted by Gasteiger charge is -2.26. The van der Waals surface area contributed by atoms with Crippen LogP contribution in [0.3, 0.4) is 0 Å². The third kappa shape index (κ3) is 3.53. The molecule has 2 N–H and O–H groups in total. The number of carboxylic acid groups (broad SMARTS) is 1. The first-order valence-electron chi connectivity index (χ1n) is 5.54. The van der Waals surface area contributed by atoms with E-state index in [4.69, 9.17) is 5.11 Å². The van der Waals surface area contributed by atoms with E-state index < -0.39 is 12.0 Å². The molecule has 1 saturated carbocycles. The number of aliphatic carboxylic acids is 1. The molecule has 0 bridgehead atoms. The van der Waals surface area contributed by atoms with Gasteiger partial charge in [-0.05, 0) is 25.7 Å². The zero-order chi connectivity index (χ0) is 11.4. The Balaban J connectivity index is 2.42. The van der Waals surface area contributed by atoms with Gasteiger partial charge in [0.1, 0.15) is 6.04 Å². The highest BCUT2D eigenvalue weighted by Gasteiger charge is 2.26. The Kier molecular flexibility index (Phi) is 4.12. The van der Waals surface area contributed by atoms with Crippen LogP contribution in [0.25, 0.3) is 0 Å². The number of carbonyl (C=O) groups is 2. The Bertz CT molecular complexity index is 252. The van der Waals surface area contributed by atoms with Gasteiger partial charge in [0.15, 0.2) is 0 Å². The predicted octanol–water partition coefficient (Wildman–Crippen LogP) is 1.40. The fourth-order valence-corrected chi connectivity index (χ4v) is 2.07. The highest BCUT2D eigenvalue weighted by molar-refractivity contribution is 5.84. The molecule has 4 nitrogen and oxygen atoms in total. The van der Waals surface area contributed by atoms with Crippen LogP contribution in [0.4, 0.5) is 0 Å². The molecule has 1 amide bonds. The van der Waals surface area contributed by atoms with Crippen molar-refractivity contribution in [3.63, 3.8) is 0 Å². The lowest BCUT2D eigenvalue weighted by atomic mass is 9.82. The van der Waals surface area contributed by atoms with Crippen molar-refractivity contribution in [2.75, 3.05) is 0 Å². The number of amides is 1. The average Bonchev–Trinajstić information content (AvgIpc) is 2.17. The molecule has 3 atom stereocenters. The highest BCUT2D eigenvalue weighted by Crippen LogP contribution is 2.28. The fourth-order valence-electron chi connectivity index (χ4n) is 2.07. The zero-order valence-corrected chi connectivity index (χ0v) is 9.32. The molecule has 1 fully saturated rings. The van der Waals surface area contributed by atoms with Crippen molar-refractivity contribution in [2.45, 2.75) is 45.6 Å². The van der Waals surface area contributed by atoms with Gasteiger partial charge >= 0.3 is 5.97 Å². The summed E-state index contributed by atoms with van der Waals surface area (Å²) in [4.78, 5) is 22.3. The minimum Gasteiger partial charge on any atom is -0.480 e. The quantitative estimate of drug-likeness (QED) is 0.744. The summed E-state index contributed by atoms with van der Waals surface area (Å²) in [5.41, 5.74) is 0. The molecule has 0 aromatic rings. The van der Waals surface area contributed by atoms with Gasteiger partial charge in [0, 0.05) is 5.92 Å². The standard InChI is InChI=1S/C11H19NO3/c1-7-4-3-5-9(6-7)10(13)12-8(2)11(14)15/h7-9H,3-6H2,1-2H3,(H,12,13)(H,14,15). The summed E-state index contributed by atoms with van der Waals surface area (Å²) in [6, 6.07) is -0.783. The van der Waals surface area contributed by atoms with Crippen molar-refractivity contribution in [3.8, 4) is 0 Å². The van der Waals surface area contributed by atoms with Crippen LogP contribution in [0.15, 0.2) is 0 Å². The van der Waals surface area contributed by atoms with Gasteiger partial charge in [0.2, 0.25) is 5.91 Å². The molecule has 0 saturated heterocycles. The molecule has 1 rings (SSSR count). The minimum atomic E-state index is -0.979. The van der Waals surface area contributed by atoms with Gasteiger partial charge < -0.3 is 10.4 Å². The van der Waals surface area contributed by atoms with Crippen molar-refractivity contribution in [3.05, 3.63) is 0 Å². The summed E-state index contributed by atoms with van der Waals surface area (Å²) in [7, 11) is 0. The van der Waals surface area contributed by atoms with E-state index in [1.54, 1.807) is 0 Å². The average molecular weight is 213 g/mol. The molecular weight excluding hydrogens is 194 g/mol. The summed E-state index contributed by atoms with van der Waals surface area (Å²) in [6.07, 6.45) is 4.03. The summed E-state index contributed by atoms with van der Waals surface area (Å²) in [6.45, 7) is 3.63. The SMILES string of the molecule is CC1CCCC(C(=O)NC(C)C(=O)O)C1. The van der Waals surface area contributed by atoms with Gasteiger partial charge in [-0.2, -0.15) is 0 Å². The first-order chi connectivity index (χ1) is 7.00. The smallest absolute Gasteiger partial charge is 0.325 e. The number of hydrogen-bond acceptors (Lipinski definition) is 2. The number of rotatable bonds is 3. The molecule has 1 aliphatic rings. The molecule has 0 radical (unpaired) electrons. The lowest BCUT2D eigenvalue weighted by molar-refractivity contribution is -0.142. The third-order valence-corrected chi connectivity index (χ3v) is 3.04. The van der Waals surface area contributed by atoms with Gasteiger partial charge in [-0.3, -0.25) is 9.59 Å². The van der Waals surface area contributed by atoms with Gasteiger partial charge in [-0.15, -0.1) is 0 Å². The molecule has 1 aliphatic carbocycles. The van der Waals surface area contributed by atoms with Crippen LogP contribution >= 0.6 is 0 Å². The maximum atomic E-state index is 11.7. The third-order valence-electron chi connectivity index (χ3n) is 3.04. The van der Waals surface area contributed by atoms with Crippen LogP contribution in [0, 0.1) is 11.8 Å². The van der Waals surface area contributed by atoms with Gasteiger partial charge in [0.05, 0.1) is 0 Å². The number of nitrogens with one attached hydrogen (secondary N) is 1. The van der Waals surface area contributed by atoms with E-state index in [1.165, 1.54) is 13.3 Å². The second-order valence-corrected chi connectivity index (χ2v) is 4.54. The van der Waals surface area contributed by atoms with E-state index in [-0.39, 0.29) is 11.8 Å². The van der Waals surface area contributed by atoms with Gasteiger partial charge in [-0.25, -0.2) is 0 Å². The Morgan fingerprint density at radius 3 is 2.60 bits per heavy atom. The lowest BCUT2D eigenvalue weighted by Crippen LogP contribution is -2.42. The van der Waals surface area contributed by atoms with Crippen molar-refractivity contribution in [1.82, 2.24) is 5.32 Å².